The molecule has 0 bridgehead atoms. The molecule has 0 aliphatic carbocycles. The van der Waals surface area contributed by atoms with E-state index in [-0.39, 0.29) is 5.75 Å². The van der Waals surface area contributed by atoms with Crippen molar-refractivity contribution in [3.05, 3.63) is 24.7 Å². The van der Waals surface area contributed by atoms with Crippen LogP contribution in [0.1, 0.15) is 6.42 Å². The summed E-state index contributed by atoms with van der Waals surface area (Å²) in [6.45, 7) is 0.494. The van der Waals surface area contributed by atoms with E-state index in [2.05, 4.69) is 15.4 Å². The molecule has 2 heterocycles. The number of nitrogens with two attached hydrogens (primary N) is 1. The second-order valence-corrected chi connectivity index (χ2v) is 5.32. The molecule has 0 aliphatic heterocycles. The zero-order valence-corrected chi connectivity index (χ0v) is 9.89. The summed E-state index contributed by atoms with van der Waals surface area (Å²) in [5.41, 5.74) is 0.850. The molecule has 2 rings (SSSR count). The van der Waals surface area contributed by atoms with Gasteiger partial charge in [0, 0.05) is 18.9 Å². The minimum absolute atomic E-state index is 0.0393. The highest BCUT2D eigenvalue weighted by Gasteiger charge is 2.04. The number of primary sulfonamides is 1. The van der Waals surface area contributed by atoms with Crippen molar-refractivity contribution in [2.75, 3.05) is 17.6 Å². The molecule has 92 valence electrons. The third-order valence-corrected chi connectivity index (χ3v) is 3.08. The lowest BCUT2D eigenvalue weighted by Crippen LogP contribution is -2.19. The maximum absolute atomic E-state index is 10.7. The lowest BCUT2D eigenvalue weighted by molar-refractivity contribution is 0.596. The van der Waals surface area contributed by atoms with Crippen LogP contribution in [0.2, 0.25) is 0 Å². The van der Waals surface area contributed by atoms with Gasteiger partial charge in [0.2, 0.25) is 10.0 Å². The van der Waals surface area contributed by atoms with Crippen LogP contribution in [-0.2, 0) is 10.0 Å². The Morgan fingerprint density at radius 1 is 1.41 bits per heavy atom. The van der Waals surface area contributed by atoms with Crippen molar-refractivity contribution >= 4 is 21.4 Å². The van der Waals surface area contributed by atoms with Gasteiger partial charge in [-0.1, -0.05) is 0 Å². The summed E-state index contributed by atoms with van der Waals surface area (Å²) < 4.78 is 23.2. The number of hydrogen-bond acceptors (Lipinski definition) is 5. The molecule has 0 saturated heterocycles. The van der Waals surface area contributed by atoms with Crippen molar-refractivity contribution in [3.63, 3.8) is 0 Å². The molecule has 0 atom stereocenters. The van der Waals surface area contributed by atoms with Crippen molar-refractivity contribution < 1.29 is 8.42 Å². The van der Waals surface area contributed by atoms with E-state index in [9.17, 15) is 8.42 Å². The van der Waals surface area contributed by atoms with Crippen molar-refractivity contribution in [2.45, 2.75) is 6.42 Å². The summed E-state index contributed by atoms with van der Waals surface area (Å²) in [4.78, 5) is 4.16. The average molecular weight is 255 g/mol. The van der Waals surface area contributed by atoms with E-state index in [0.717, 1.165) is 5.52 Å². The first kappa shape index (κ1) is 11.8. The van der Waals surface area contributed by atoms with Gasteiger partial charge in [0.15, 0.2) is 5.82 Å². The van der Waals surface area contributed by atoms with Crippen molar-refractivity contribution in [1.29, 1.82) is 0 Å². The molecule has 0 amide bonds. The summed E-state index contributed by atoms with van der Waals surface area (Å²) >= 11 is 0. The number of rotatable bonds is 5. The largest absolute Gasteiger partial charge is 0.368 e. The summed E-state index contributed by atoms with van der Waals surface area (Å²) in [5.74, 6) is 0.641. The third kappa shape index (κ3) is 3.14. The lowest BCUT2D eigenvalue weighted by atomic mass is 10.4. The van der Waals surface area contributed by atoms with E-state index < -0.39 is 10.0 Å². The van der Waals surface area contributed by atoms with E-state index in [1.165, 1.54) is 0 Å². The molecule has 0 saturated carbocycles. The molecular formula is C9H13N5O2S. The number of fused-ring (bicyclic) bond motifs is 1. The number of hydrogen-bond donors (Lipinski definition) is 2. The highest BCUT2D eigenvalue weighted by Crippen LogP contribution is 2.11. The van der Waals surface area contributed by atoms with E-state index in [0.29, 0.717) is 18.8 Å². The fraction of sp³-hybridized carbons (Fsp3) is 0.333. The van der Waals surface area contributed by atoms with Gasteiger partial charge in [-0.2, -0.15) is 5.10 Å². The Labute approximate surface area is 98.7 Å². The van der Waals surface area contributed by atoms with Crippen LogP contribution in [0.25, 0.3) is 5.52 Å². The Bertz CT molecular complexity index is 607. The van der Waals surface area contributed by atoms with Gasteiger partial charge in [-0.3, -0.25) is 0 Å². The van der Waals surface area contributed by atoms with Crippen LogP contribution in [0.4, 0.5) is 5.82 Å². The molecule has 8 heteroatoms. The molecular weight excluding hydrogens is 242 g/mol. The number of nitrogens with zero attached hydrogens (tertiary/aromatic N) is 3. The van der Waals surface area contributed by atoms with Gasteiger partial charge >= 0.3 is 0 Å². The van der Waals surface area contributed by atoms with Gasteiger partial charge in [0.25, 0.3) is 0 Å². The van der Waals surface area contributed by atoms with Crippen LogP contribution < -0.4 is 10.5 Å². The molecule has 2 aromatic rings. The van der Waals surface area contributed by atoms with Crippen LogP contribution in [0, 0.1) is 0 Å². The topological polar surface area (TPSA) is 102 Å². The monoisotopic (exact) mass is 255 g/mol. The lowest BCUT2D eigenvalue weighted by Gasteiger charge is -2.05. The first-order valence-electron chi connectivity index (χ1n) is 5.09. The van der Waals surface area contributed by atoms with Crippen molar-refractivity contribution in [1.82, 2.24) is 14.6 Å². The average Bonchev–Trinajstić information content (AvgIpc) is 2.71. The van der Waals surface area contributed by atoms with Crippen LogP contribution in [0.15, 0.2) is 24.7 Å². The Kier molecular flexibility index (Phi) is 3.25. The van der Waals surface area contributed by atoms with E-state index in [1.807, 2.05) is 6.07 Å². The Balaban J connectivity index is 1.97. The number of nitrogens with one attached hydrogen (secondary N) is 1. The van der Waals surface area contributed by atoms with Gasteiger partial charge < -0.3 is 5.32 Å². The molecule has 0 fully saturated rings. The van der Waals surface area contributed by atoms with Gasteiger partial charge in [0.1, 0.15) is 5.52 Å². The quantitative estimate of drug-likeness (QED) is 0.721. The minimum atomic E-state index is -3.39. The predicted octanol–water partition coefficient (Wildman–Crippen LogP) is -0.180. The van der Waals surface area contributed by atoms with Crippen molar-refractivity contribution in [2.24, 2.45) is 5.14 Å². The minimum Gasteiger partial charge on any atom is -0.368 e. The molecule has 17 heavy (non-hydrogen) atoms. The number of anilines is 1. The van der Waals surface area contributed by atoms with Crippen LogP contribution in [0.3, 0.4) is 0 Å². The van der Waals surface area contributed by atoms with E-state index in [4.69, 9.17) is 5.14 Å². The predicted molar refractivity (Wildman–Crippen MR) is 64.1 cm³/mol. The molecule has 0 aromatic carbocycles. The normalized spacial score (nSPS) is 11.8. The molecule has 0 unspecified atom stereocenters. The Hall–Kier alpha value is -1.67. The first-order chi connectivity index (χ1) is 8.06. The first-order valence-corrected chi connectivity index (χ1v) is 6.80. The van der Waals surface area contributed by atoms with Crippen LogP contribution in [0.5, 0.6) is 0 Å². The SMILES string of the molecule is NS(=O)(=O)CCCNc1nccn2nccc12. The standard InChI is InChI=1S/C9H13N5O2S/c10-17(15,16)7-1-3-11-9-8-2-4-13-14(8)6-5-12-9/h2,4-6H,1,3,7H2,(H,11,12)(H2,10,15,16). The Morgan fingerprint density at radius 3 is 3.00 bits per heavy atom. The maximum atomic E-state index is 10.7. The van der Waals surface area contributed by atoms with E-state index >= 15 is 0 Å². The number of aromatic nitrogens is 3. The summed E-state index contributed by atoms with van der Waals surface area (Å²) in [6, 6.07) is 1.83. The molecule has 2 aromatic heterocycles. The molecule has 0 aliphatic rings. The fourth-order valence-corrected chi connectivity index (χ4v) is 2.02. The van der Waals surface area contributed by atoms with Gasteiger partial charge in [-0.05, 0) is 12.5 Å². The molecule has 0 radical (unpaired) electrons. The van der Waals surface area contributed by atoms with Gasteiger partial charge in [-0.15, -0.1) is 0 Å². The maximum Gasteiger partial charge on any atom is 0.209 e. The van der Waals surface area contributed by atoms with Gasteiger partial charge in [0.05, 0.1) is 11.9 Å². The highest BCUT2D eigenvalue weighted by atomic mass is 32.2. The zero-order chi connectivity index (χ0) is 12.3. The second kappa shape index (κ2) is 4.68. The Morgan fingerprint density at radius 2 is 2.24 bits per heavy atom. The van der Waals surface area contributed by atoms with Crippen molar-refractivity contribution in [3.8, 4) is 0 Å². The smallest absolute Gasteiger partial charge is 0.209 e. The summed E-state index contributed by atoms with van der Waals surface area (Å²) in [6.07, 6.45) is 5.48. The molecule has 3 N–H and O–H groups in total. The second-order valence-electron chi connectivity index (χ2n) is 3.58. The molecule has 0 spiro atoms. The van der Waals surface area contributed by atoms with Crippen LogP contribution >= 0.6 is 0 Å². The zero-order valence-electron chi connectivity index (χ0n) is 9.07. The number of sulfonamides is 1. The summed E-state index contributed by atoms with van der Waals surface area (Å²) in [7, 11) is -3.39. The van der Waals surface area contributed by atoms with Gasteiger partial charge in [-0.25, -0.2) is 23.1 Å². The summed E-state index contributed by atoms with van der Waals surface area (Å²) in [5, 5.41) is 12.0. The third-order valence-electron chi connectivity index (χ3n) is 2.22. The molecule has 7 nitrogen and oxygen atoms in total. The highest BCUT2D eigenvalue weighted by molar-refractivity contribution is 7.89. The van der Waals surface area contributed by atoms with E-state index in [1.54, 1.807) is 23.1 Å². The van der Waals surface area contributed by atoms with Crippen LogP contribution in [-0.4, -0.2) is 35.3 Å². The fourth-order valence-electron chi connectivity index (χ4n) is 1.47.